The van der Waals surface area contributed by atoms with Crippen molar-refractivity contribution in [1.29, 1.82) is 0 Å². The Morgan fingerprint density at radius 1 is 0.447 bits per heavy atom. The molecule has 2 unspecified atom stereocenters. The fraction of sp³-hybridized carbons (Fsp3) is 0.152. The van der Waals surface area contributed by atoms with Crippen LogP contribution in [0.4, 0.5) is 0 Å². The van der Waals surface area contributed by atoms with Gasteiger partial charge in [0.05, 0.1) is 29.8 Å². The number of hydrogen-bond acceptors (Lipinski definition) is 5. The summed E-state index contributed by atoms with van der Waals surface area (Å²) in [5.74, 6) is -1.38. The van der Waals surface area contributed by atoms with Crippen molar-refractivity contribution in [3.63, 3.8) is 0 Å². The van der Waals surface area contributed by atoms with Crippen LogP contribution < -0.4 is 10.6 Å². The maximum atomic E-state index is 13.0. The van der Waals surface area contributed by atoms with Gasteiger partial charge < -0.3 is 29.6 Å². The van der Waals surface area contributed by atoms with Gasteiger partial charge >= 0.3 is 11.9 Å². The van der Waals surface area contributed by atoms with Gasteiger partial charge in [-0.05, 0) is 149 Å². The first kappa shape index (κ1) is 51.6. The second-order valence-corrected chi connectivity index (χ2v) is 18.7. The van der Waals surface area contributed by atoms with Crippen molar-refractivity contribution < 1.29 is 29.0 Å². The molecular formula is C66H60N4O6. The van der Waals surface area contributed by atoms with Crippen LogP contribution in [0.2, 0.25) is 0 Å². The minimum atomic E-state index is -0.929. The second kappa shape index (κ2) is 24.2. The number of aromatic nitrogens is 2. The number of fused-ring (bicyclic) bond motifs is 2. The quantitative estimate of drug-likeness (QED) is 0.0779. The van der Waals surface area contributed by atoms with Crippen LogP contribution in [0.25, 0.3) is 44.1 Å². The Kier molecular flexibility index (Phi) is 16.4. The Morgan fingerprint density at radius 3 is 1.28 bits per heavy atom. The molecule has 0 aliphatic rings. The largest absolute Gasteiger partial charge is 0.478 e. The lowest BCUT2D eigenvalue weighted by Crippen LogP contribution is -2.28. The molecule has 0 saturated heterocycles. The molecule has 380 valence electrons. The average Bonchev–Trinajstić information content (AvgIpc) is 4.08. The van der Waals surface area contributed by atoms with E-state index in [0.29, 0.717) is 36.4 Å². The average molecular weight is 1010 g/mol. The van der Waals surface area contributed by atoms with Crippen molar-refractivity contribution in [2.75, 3.05) is 6.61 Å². The lowest BCUT2D eigenvalue weighted by Gasteiger charge is -2.17. The van der Waals surface area contributed by atoms with Crippen molar-refractivity contribution in [3.8, 4) is 22.3 Å². The van der Waals surface area contributed by atoms with Crippen molar-refractivity contribution in [1.82, 2.24) is 19.8 Å². The molecule has 8 aromatic carbocycles. The van der Waals surface area contributed by atoms with E-state index in [1.165, 1.54) is 0 Å². The first-order valence-corrected chi connectivity index (χ1v) is 25.8. The minimum Gasteiger partial charge on any atom is -0.478 e. The van der Waals surface area contributed by atoms with Gasteiger partial charge in [0.2, 0.25) is 0 Å². The molecule has 76 heavy (non-hydrogen) atoms. The zero-order valence-electron chi connectivity index (χ0n) is 42.9. The van der Waals surface area contributed by atoms with E-state index >= 15 is 0 Å². The third kappa shape index (κ3) is 12.4. The van der Waals surface area contributed by atoms with Crippen LogP contribution in [0.15, 0.2) is 219 Å². The van der Waals surface area contributed by atoms with Crippen molar-refractivity contribution in [3.05, 3.63) is 263 Å². The topological polar surface area (TPSA) is 132 Å². The summed E-state index contributed by atoms with van der Waals surface area (Å²) < 4.78 is 9.45. The summed E-state index contributed by atoms with van der Waals surface area (Å²) >= 11 is 0. The van der Waals surface area contributed by atoms with Crippen LogP contribution >= 0.6 is 0 Å². The van der Waals surface area contributed by atoms with E-state index in [1.54, 1.807) is 31.2 Å². The number of ether oxygens (including phenoxy) is 1. The second-order valence-electron chi connectivity index (χ2n) is 18.7. The van der Waals surface area contributed by atoms with Crippen LogP contribution in [0.5, 0.6) is 0 Å². The molecule has 10 heteroatoms. The van der Waals surface area contributed by atoms with Gasteiger partial charge in [0.1, 0.15) is 0 Å². The zero-order valence-corrected chi connectivity index (χ0v) is 42.9. The Labute approximate surface area is 443 Å². The van der Waals surface area contributed by atoms with Gasteiger partial charge in [-0.3, -0.25) is 9.59 Å². The fourth-order valence-electron chi connectivity index (χ4n) is 9.56. The molecule has 10 rings (SSSR count). The highest BCUT2D eigenvalue weighted by molar-refractivity contribution is 5.99. The number of rotatable bonds is 17. The molecule has 2 amide bonds. The van der Waals surface area contributed by atoms with Crippen LogP contribution in [0.1, 0.15) is 109 Å². The number of aromatic carboxylic acids is 1. The van der Waals surface area contributed by atoms with Gasteiger partial charge in [0, 0.05) is 58.4 Å². The summed E-state index contributed by atoms with van der Waals surface area (Å²) in [4.78, 5) is 49.2. The predicted octanol–water partition coefficient (Wildman–Crippen LogP) is 14.4. The molecule has 3 N–H and O–H groups in total. The van der Waals surface area contributed by atoms with Crippen LogP contribution in [0, 0.1) is 0 Å². The number of carbonyl (C=O) groups is 4. The summed E-state index contributed by atoms with van der Waals surface area (Å²) in [6.07, 6.45) is 5.74. The molecule has 2 aromatic heterocycles. The van der Waals surface area contributed by atoms with Crippen molar-refractivity contribution in [2.45, 2.75) is 58.8 Å². The van der Waals surface area contributed by atoms with E-state index in [9.17, 15) is 19.2 Å². The number of carboxylic acid groups (broad SMARTS) is 1. The molecule has 0 saturated carbocycles. The van der Waals surface area contributed by atoms with E-state index in [-0.39, 0.29) is 35.4 Å². The Hall–Kier alpha value is -9.28. The monoisotopic (exact) mass is 1000 g/mol. The number of hydrogen-bond donors (Lipinski definition) is 3. The van der Waals surface area contributed by atoms with E-state index in [4.69, 9.17) is 9.84 Å². The highest BCUT2D eigenvalue weighted by Gasteiger charge is 2.17. The molecule has 2 atom stereocenters. The first-order valence-electron chi connectivity index (χ1n) is 25.8. The summed E-state index contributed by atoms with van der Waals surface area (Å²) in [6, 6.07) is 66.9. The van der Waals surface area contributed by atoms with Gasteiger partial charge in [-0.25, -0.2) is 9.59 Å². The number of benzene rings is 8. The molecule has 0 bridgehead atoms. The molecule has 0 aliphatic carbocycles. The number of amides is 2. The number of carboxylic acids is 1. The lowest BCUT2D eigenvalue weighted by molar-refractivity contribution is 0.0525. The van der Waals surface area contributed by atoms with Gasteiger partial charge in [-0.2, -0.15) is 0 Å². The SMILES string of the molecule is CCC(NC(=O)c1ccc2c(ccn2Cc2cccc(-c3ccc(C(=O)O)cc3)c2)c1)c1ccccc1.CCOC(=O)c1ccc(-c2cccc(Cn3ccc4cc(C(=O)NC(CC)c5ccccc5)ccc43)c2)cc1. The summed E-state index contributed by atoms with van der Waals surface area (Å²) in [7, 11) is 0. The van der Waals surface area contributed by atoms with E-state index in [0.717, 1.165) is 79.2 Å². The van der Waals surface area contributed by atoms with Crippen LogP contribution in [-0.4, -0.2) is 44.6 Å². The zero-order chi connectivity index (χ0) is 53.0. The van der Waals surface area contributed by atoms with E-state index in [2.05, 4.69) is 82.3 Å². The molecule has 0 aliphatic heterocycles. The third-order valence-corrected chi connectivity index (χ3v) is 13.7. The normalized spacial score (nSPS) is 11.8. The molecule has 10 nitrogen and oxygen atoms in total. The first-order chi connectivity index (χ1) is 37.1. The van der Waals surface area contributed by atoms with Crippen LogP contribution in [0.3, 0.4) is 0 Å². The predicted molar refractivity (Wildman–Crippen MR) is 303 cm³/mol. The lowest BCUT2D eigenvalue weighted by atomic mass is 10.0. The van der Waals surface area contributed by atoms with Gasteiger partial charge in [-0.15, -0.1) is 0 Å². The Bertz CT molecular complexity index is 3620. The molecule has 0 spiro atoms. The molecule has 0 fully saturated rings. The highest BCUT2D eigenvalue weighted by Crippen LogP contribution is 2.27. The summed E-state index contributed by atoms with van der Waals surface area (Å²) in [5.41, 5.74) is 12.9. The maximum absolute atomic E-state index is 13.0. The molecule has 10 aromatic rings. The fourth-order valence-corrected chi connectivity index (χ4v) is 9.56. The third-order valence-electron chi connectivity index (χ3n) is 13.7. The highest BCUT2D eigenvalue weighted by atomic mass is 16.5. The van der Waals surface area contributed by atoms with Crippen molar-refractivity contribution in [2.24, 2.45) is 0 Å². The molecule has 2 heterocycles. The summed E-state index contributed by atoms with van der Waals surface area (Å²) in [6.45, 7) is 7.70. The molecule has 0 radical (unpaired) electrons. The van der Waals surface area contributed by atoms with E-state index in [1.807, 2.05) is 146 Å². The number of esters is 1. The summed E-state index contributed by atoms with van der Waals surface area (Å²) in [5, 5.41) is 17.5. The van der Waals surface area contributed by atoms with Crippen molar-refractivity contribution >= 4 is 45.6 Å². The minimum absolute atomic E-state index is 0.0207. The number of carbonyl (C=O) groups excluding carboxylic acids is 3. The van der Waals surface area contributed by atoms with Gasteiger partial charge in [-0.1, -0.05) is 135 Å². The molecular weight excluding hydrogens is 945 g/mol. The Balaban J connectivity index is 0.000000186. The Morgan fingerprint density at radius 2 is 0.868 bits per heavy atom. The number of nitrogens with one attached hydrogen (secondary N) is 2. The number of nitrogens with zero attached hydrogens (tertiary/aromatic N) is 2. The maximum Gasteiger partial charge on any atom is 0.338 e. The smallest absolute Gasteiger partial charge is 0.338 e. The van der Waals surface area contributed by atoms with Gasteiger partial charge in [0.15, 0.2) is 0 Å². The van der Waals surface area contributed by atoms with Crippen LogP contribution in [-0.2, 0) is 17.8 Å². The van der Waals surface area contributed by atoms with E-state index < -0.39 is 5.97 Å². The standard InChI is InChI=1S/C34H32N2O3.C32H28N2O3/c1-3-31(26-10-6-5-7-11-26)35-33(37)30-17-18-32-29(22-30)19-20-36(32)23-24-9-8-12-28(21-24)25-13-15-27(16-14-25)34(38)39-4-2;1-2-29(24-8-4-3-5-9-24)33-31(35)28-15-16-30-27(20-28)17-18-34(30)21-22-7-6-10-26(19-22)23-11-13-25(14-12-23)32(36)37/h5-22,31H,3-4,23H2,1-2H3,(H,35,37);3-20,29H,2,21H2,1H3,(H,33,35)(H,36,37). The van der Waals surface area contributed by atoms with Gasteiger partial charge in [0.25, 0.3) is 11.8 Å².